The third kappa shape index (κ3) is 2.36. The Kier molecular flexibility index (Phi) is 3.30. The van der Waals surface area contributed by atoms with E-state index in [9.17, 15) is 0 Å². The van der Waals surface area contributed by atoms with E-state index in [2.05, 4.69) is 11.2 Å². The van der Waals surface area contributed by atoms with Crippen LogP contribution in [0, 0.1) is 11.3 Å². The third-order valence-electron chi connectivity index (χ3n) is 1.57. The van der Waals surface area contributed by atoms with Gasteiger partial charge in [-0.05, 0) is 18.5 Å². The zero-order chi connectivity index (χ0) is 8.81. The van der Waals surface area contributed by atoms with Crippen LogP contribution in [0.5, 0.6) is 0 Å². The van der Waals surface area contributed by atoms with Crippen LogP contribution in [0.3, 0.4) is 0 Å². The largest absolute Gasteiger partial charge is 0.330 e. The minimum atomic E-state index is 0.504. The van der Waals surface area contributed by atoms with Crippen molar-refractivity contribution in [3.8, 4) is 6.07 Å². The minimum absolute atomic E-state index is 0.504. The molecule has 1 rings (SSSR count). The first-order chi connectivity index (χ1) is 5.86. The number of nitrogens with two attached hydrogens (primary N) is 1. The van der Waals surface area contributed by atoms with Crippen molar-refractivity contribution in [2.24, 2.45) is 5.73 Å². The summed E-state index contributed by atoms with van der Waals surface area (Å²) in [6, 6.07) is 2.07. The Morgan fingerprint density at radius 2 is 2.50 bits per heavy atom. The van der Waals surface area contributed by atoms with Crippen molar-refractivity contribution in [1.82, 2.24) is 9.78 Å². The van der Waals surface area contributed by atoms with Gasteiger partial charge in [-0.1, -0.05) is 0 Å². The molecule has 4 nitrogen and oxygen atoms in total. The van der Waals surface area contributed by atoms with Gasteiger partial charge in [-0.2, -0.15) is 10.4 Å². The van der Waals surface area contributed by atoms with E-state index in [-0.39, 0.29) is 0 Å². The molecule has 0 atom stereocenters. The predicted octanol–water partition coefficient (Wildman–Crippen LogP) is 0.298. The number of hydrogen-bond donors (Lipinski definition) is 1. The minimum Gasteiger partial charge on any atom is -0.330 e. The molecular weight excluding hydrogens is 152 g/mol. The maximum absolute atomic E-state index is 8.33. The molecule has 0 saturated carbocycles. The molecule has 0 amide bonds. The fourth-order valence-corrected chi connectivity index (χ4v) is 0.989. The molecule has 0 bridgehead atoms. The summed E-state index contributed by atoms with van der Waals surface area (Å²) < 4.78 is 1.77. The third-order valence-corrected chi connectivity index (χ3v) is 1.57. The second kappa shape index (κ2) is 4.52. The van der Waals surface area contributed by atoms with Crippen molar-refractivity contribution in [1.29, 1.82) is 5.26 Å². The topological polar surface area (TPSA) is 67.6 Å². The molecule has 0 aliphatic carbocycles. The van der Waals surface area contributed by atoms with Crippen LogP contribution in [0.15, 0.2) is 12.4 Å². The molecule has 0 radical (unpaired) electrons. The van der Waals surface area contributed by atoms with Crippen LogP contribution < -0.4 is 5.73 Å². The van der Waals surface area contributed by atoms with Gasteiger partial charge in [-0.3, -0.25) is 4.68 Å². The first-order valence-corrected chi connectivity index (χ1v) is 3.95. The summed E-state index contributed by atoms with van der Waals surface area (Å²) in [6.45, 7) is 1.31. The van der Waals surface area contributed by atoms with Gasteiger partial charge in [0.2, 0.25) is 0 Å². The van der Waals surface area contributed by atoms with Gasteiger partial charge < -0.3 is 5.73 Å². The molecule has 1 heterocycles. The van der Waals surface area contributed by atoms with Crippen LogP contribution in [0.4, 0.5) is 0 Å². The molecule has 0 aliphatic heterocycles. The lowest BCUT2D eigenvalue weighted by atomic mass is 10.3. The molecule has 4 heteroatoms. The van der Waals surface area contributed by atoms with Gasteiger partial charge in [0.15, 0.2) is 0 Å². The average Bonchev–Trinajstić information content (AvgIpc) is 2.50. The zero-order valence-electron chi connectivity index (χ0n) is 6.90. The summed E-state index contributed by atoms with van der Waals surface area (Å²) in [5.74, 6) is 0. The van der Waals surface area contributed by atoms with E-state index in [0.29, 0.717) is 19.5 Å². The molecule has 0 saturated heterocycles. The molecule has 0 aliphatic rings. The van der Waals surface area contributed by atoms with Crippen molar-refractivity contribution in [2.75, 3.05) is 6.54 Å². The van der Waals surface area contributed by atoms with Gasteiger partial charge >= 0.3 is 0 Å². The lowest BCUT2D eigenvalue weighted by Crippen LogP contribution is -2.02. The molecule has 12 heavy (non-hydrogen) atoms. The van der Waals surface area contributed by atoms with E-state index < -0.39 is 0 Å². The number of aryl methyl sites for hydroxylation is 1. The summed E-state index contributed by atoms with van der Waals surface area (Å²) in [6.07, 6.45) is 5.09. The van der Waals surface area contributed by atoms with Gasteiger partial charge in [-0.15, -0.1) is 0 Å². The van der Waals surface area contributed by atoms with Gasteiger partial charge in [0, 0.05) is 6.20 Å². The smallest absolute Gasteiger partial charge is 0.0641 e. The van der Waals surface area contributed by atoms with E-state index in [1.165, 1.54) is 0 Å². The predicted molar refractivity (Wildman–Crippen MR) is 45.2 cm³/mol. The maximum Gasteiger partial charge on any atom is 0.0641 e. The molecule has 2 N–H and O–H groups in total. The van der Waals surface area contributed by atoms with Crippen molar-refractivity contribution in [3.63, 3.8) is 0 Å². The van der Waals surface area contributed by atoms with Crippen molar-refractivity contribution in [2.45, 2.75) is 19.4 Å². The normalized spacial score (nSPS) is 9.67. The first kappa shape index (κ1) is 8.75. The number of hydrogen-bond acceptors (Lipinski definition) is 3. The number of aromatic nitrogens is 2. The first-order valence-electron chi connectivity index (χ1n) is 3.95. The molecule has 64 valence electrons. The van der Waals surface area contributed by atoms with Crippen LogP contribution in [-0.4, -0.2) is 16.3 Å². The van der Waals surface area contributed by atoms with Crippen LogP contribution in [0.25, 0.3) is 0 Å². The Bertz CT molecular complexity index is 271. The highest BCUT2D eigenvalue weighted by atomic mass is 15.3. The lowest BCUT2D eigenvalue weighted by Gasteiger charge is -1.93. The van der Waals surface area contributed by atoms with Gasteiger partial charge in [-0.25, -0.2) is 0 Å². The summed E-state index contributed by atoms with van der Waals surface area (Å²) >= 11 is 0. The summed E-state index contributed by atoms with van der Waals surface area (Å²) in [5, 5.41) is 12.4. The Morgan fingerprint density at radius 3 is 3.17 bits per heavy atom. The van der Waals surface area contributed by atoms with Gasteiger partial charge in [0.1, 0.15) is 0 Å². The van der Waals surface area contributed by atoms with Crippen LogP contribution in [0.2, 0.25) is 0 Å². The second-order valence-electron chi connectivity index (χ2n) is 2.56. The van der Waals surface area contributed by atoms with E-state index in [1.807, 2.05) is 6.20 Å². The molecule has 1 aromatic rings. The van der Waals surface area contributed by atoms with E-state index >= 15 is 0 Å². The van der Waals surface area contributed by atoms with Crippen molar-refractivity contribution < 1.29 is 0 Å². The van der Waals surface area contributed by atoms with Crippen molar-refractivity contribution in [3.05, 3.63) is 18.0 Å². The number of nitriles is 1. The summed E-state index contributed by atoms with van der Waals surface area (Å²) in [7, 11) is 0. The monoisotopic (exact) mass is 164 g/mol. The van der Waals surface area contributed by atoms with Crippen LogP contribution in [-0.2, 0) is 13.0 Å². The van der Waals surface area contributed by atoms with Gasteiger partial charge in [0.25, 0.3) is 0 Å². The van der Waals surface area contributed by atoms with E-state index in [0.717, 1.165) is 12.0 Å². The zero-order valence-corrected chi connectivity index (χ0v) is 6.90. The fraction of sp³-hybridized carbons (Fsp3) is 0.500. The Balaban J connectivity index is 2.47. The molecule has 0 spiro atoms. The number of rotatable bonds is 4. The van der Waals surface area contributed by atoms with E-state index in [4.69, 9.17) is 11.0 Å². The quantitative estimate of drug-likeness (QED) is 0.695. The average molecular weight is 164 g/mol. The lowest BCUT2D eigenvalue weighted by molar-refractivity contribution is 0.627. The fourth-order valence-electron chi connectivity index (χ4n) is 0.989. The van der Waals surface area contributed by atoms with Crippen molar-refractivity contribution >= 4 is 0 Å². The summed E-state index contributed by atoms with van der Waals surface area (Å²) in [5.41, 5.74) is 6.52. The SMILES string of the molecule is N#CCCn1cc(CCN)cn1. The number of nitrogens with zero attached hydrogens (tertiary/aromatic N) is 3. The molecule has 0 fully saturated rings. The standard InChI is InChI=1S/C8H12N4/c9-3-1-5-12-7-8(2-4-10)6-11-12/h6-7H,1-2,4-5,10H2. The molecular formula is C8H12N4. The Hall–Kier alpha value is -1.34. The Morgan fingerprint density at radius 1 is 1.67 bits per heavy atom. The summed E-state index contributed by atoms with van der Waals surface area (Å²) in [4.78, 5) is 0. The highest BCUT2D eigenvalue weighted by Gasteiger charge is 1.96. The Labute approximate surface area is 71.6 Å². The van der Waals surface area contributed by atoms with Crippen LogP contribution in [0.1, 0.15) is 12.0 Å². The van der Waals surface area contributed by atoms with Gasteiger partial charge in [0.05, 0.1) is 25.2 Å². The van der Waals surface area contributed by atoms with Crippen LogP contribution >= 0.6 is 0 Å². The molecule has 0 aromatic carbocycles. The highest BCUT2D eigenvalue weighted by Crippen LogP contribution is 1.98. The maximum atomic E-state index is 8.33. The second-order valence-corrected chi connectivity index (χ2v) is 2.56. The molecule has 0 unspecified atom stereocenters. The van der Waals surface area contributed by atoms with E-state index in [1.54, 1.807) is 10.9 Å². The molecule has 1 aromatic heterocycles. The highest BCUT2D eigenvalue weighted by molar-refractivity contribution is 5.04.